The molecule has 1 N–H and O–H groups in total. The van der Waals surface area contributed by atoms with Crippen molar-refractivity contribution in [2.45, 2.75) is 32.6 Å². The van der Waals surface area contributed by atoms with E-state index in [2.05, 4.69) is 17.2 Å². The second-order valence-corrected chi connectivity index (χ2v) is 8.92. The third-order valence-corrected chi connectivity index (χ3v) is 7.20. The van der Waals surface area contributed by atoms with Gasteiger partial charge < -0.3 is 5.32 Å². The normalized spacial score (nSPS) is 22.0. The maximum Gasteiger partial charge on any atom is 0.281 e. The fourth-order valence-corrected chi connectivity index (χ4v) is 5.08. The van der Waals surface area contributed by atoms with Crippen LogP contribution in [0.15, 0.2) is 24.5 Å². The fourth-order valence-electron chi connectivity index (χ4n) is 3.41. The largest absolute Gasteiger partial charge is 0.326 e. The van der Waals surface area contributed by atoms with Gasteiger partial charge in [-0.25, -0.2) is 0 Å². The van der Waals surface area contributed by atoms with E-state index in [1.54, 1.807) is 33.1 Å². The first-order valence-corrected chi connectivity index (χ1v) is 10.3. The van der Waals surface area contributed by atoms with Crippen LogP contribution in [0.3, 0.4) is 0 Å². The number of amides is 1. The molecule has 1 aromatic heterocycles. The van der Waals surface area contributed by atoms with E-state index < -0.39 is 10.2 Å². The zero-order valence-electron chi connectivity index (χ0n) is 14.6. The van der Waals surface area contributed by atoms with E-state index in [0.29, 0.717) is 44.9 Å². The number of carbonyl (C=O) groups excluding carboxylic acids is 1. The molecule has 0 radical (unpaired) electrons. The summed E-state index contributed by atoms with van der Waals surface area (Å²) in [6, 6.07) is 3.49. The molecule has 0 bridgehead atoms. The van der Waals surface area contributed by atoms with E-state index in [0.717, 1.165) is 18.5 Å². The van der Waals surface area contributed by atoms with Crippen molar-refractivity contribution in [1.82, 2.24) is 13.6 Å². The maximum absolute atomic E-state index is 12.8. The smallest absolute Gasteiger partial charge is 0.281 e. The first kappa shape index (κ1) is 18.3. The first-order valence-electron chi connectivity index (χ1n) is 8.93. The zero-order valence-corrected chi connectivity index (χ0v) is 15.4. The van der Waals surface area contributed by atoms with E-state index in [9.17, 15) is 13.2 Å². The molecular formula is C17H26N4O3S. The van der Waals surface area contributed by atoms with Crippen molar-refractivity contribution in [2.24, 2.45) is 11.8 Å². The number of hydrogen-bond donors (Lipinski definition) is 1. The van der Waals surface area contributed by atoms with Gasteiger partial charge in [0.1, 0.15) is 0 Å². The van der Waals surface area contributed by atoms with Crippen LogP contribution in [0.1, 0.15) is 32.6 Å². The molecule has 2 fully saturated rings. The van der Waals surface area contributed by atoms with E-state index >= 15 is 0 Å². The fraction of sp³-hybridized carbons (Fsp3) is 0.647. The number of carbonyl (C=O) groups is 1. The maximum atomic E-state index is 12.8. The van der Waals surface area contributed by atoms with Gasteiger partial charge in [-0.15, -0.1) is 0 Å². The lowest BCUT2D eigenvalue weighted by Gasteiger charge is -2.37. The lowest BCUT2D eigenvalue weighted by Crippen LogP contribution is -2.50. The third-order valence-electron chi connectivity index (χ3n) is 5.17. The lowest BCUT2D eigenvalue weighted by molar-refractivity contribution is -0.120. The Balaban J connectivity index is 1.53. The predicted molar refractivity (Wildman–Crippen MR) is 96.1 cm³/mol. The van der Waals surface area contributed by atoms with Gasteiger partial charge in [0.2, 0.25) is 5.91 Å². The van der Waals surface area contributed by atoms with Gasteiger partial charge in [-0.3, -0.25) is 9.78 Å². The van der Waals surface area contributed by atoms with Crippen molar-refractivity contribution in [2.75, 3.05) is 31.5 Å². The molecule has 25 heavy (non-hydrogen) atoms. The van der Waals surface area contributed by atoms with Gasteiger partial charge in [-0.1, -0.05) is 6.92 Å². The summed E-state index contributed by atoms with van der Waals surface area (Å²) >= 11 is 0. The van der Waals surface area contributed by atoms with Crippen LogP contribution in [-0.4, -0.2) is 54.1 Å². The summed E-state index contributed by atoms with van der Waals surface area (Å²) in [7, 11) is -3.39. The Hall–Kier alpha value is -1.51. The molecule has 1 aromatic rings. The molecule has 2 aliphatic heterocycles. The highest BCUT2D eigenvalue weighted by atomic mass is 32.2. The van der Waals surface area contributed by atoms with Crippen molar-refractivity contribution < 1.29 is 13.2 Å². The number of hydrogen-bond acceptors (Lipinski definition) is 4. The van der Waals surface area contributed by atoms with Crippen molar-refractivity contribution in [3.63, 3.8) is 0 Å². The Morgan fingerprint density at radius 2 is 1.56 bits per heavy atom. The Labute approximate surface area is 149 Å². The molecular weight excluding hydrogens is 340 g/mol. The number of piperidine rings is 2. The Morgan fingerprint density at radius 3 is 2.12 bits per heavy atom. The molecule has 0 atom stereocenters. The van der Waals surface area contributed by atoms with Crippen LogP contribution in [0.2, 0.25) is 0 Å². The van der Waals surface area contributed by atoms with Crippen molar-refractivity contribution in [1.29, 1.82) is 0 Å². The van der Waals surface area contributed by atoms with Gasteiger partial charge in [0.15, 0.2) is 0 Å². The number of anilines is 1. The van der Waals surface area contributed by atoms with Crippen LogP contribution in [0.4, 0.5) is 5.69 Å². The number of rotatable bonds is 4. The molecule has 2 aliphatic rings. The second-order valence-electron chi connectivity index (χ2n) is 6.99. The van der Waals surface area contributed by atoms with Gasteiger partial charge in [0.05, 0.1) is 0 Å². The first-order chi connectivity index (χ1) is 12.0. The second kappa shape index (κ2) is 7.80. The molecule has 0 aliphatic carbocycles. The minimum Gasteiger partial charge on any atom is -0.326 e. The number of pyridine rings is 1. The average molecular weight is 366 g/mol. The van der Waals surface area contributed by atoms with Crippen LogP contribution in [-0.2, 0) is 15.0 Å². The summed E-state index contributed by atoms with van der Waals surface area (Å²) in [5, 5.41) is 2.88. The standard InChI is InChI=1S/C17H26N4O3S/c1-14-4-10-20(11-5-14)25(23,24)21-12-6-15(7-13-21)17(22)19-16-2-8-18-9-3-16/h2-3,8-9,14-15H,4-7,10-13H2,1H3,(H,18,19,22). The van der Waals surface area contributed by atoms with E-state index in [4.69, 9.17) is 0 Å². The highest BCUT2D eigenvalue weighted by Gasteiger charge is 2.35. The predicted octanol–water partition coefficient (Wildman–Crippen LogP) is 1.71. The highest BCUT2D eigenvalue weighted by Crippen LogP contribution is 2.25. The number of aromatic nitrogens is 1. The van der Waals surface area contributed by atoms with Crippen LogP contribution < -0.4 is 5.32 Å². The van der Waals surface area contributed by atoms with Crippen LogP contribution in [0.25, 0.3) is 0 Å². The SMILES string of the molecule is CC1CCN(S(=O)(=O)N2CCC(C(=O)Nc3ccncc3)CC2)CC1. The Bertz CT molecular complexity index is 679. The Morgan fingerprint density at radius 1 is 1.04 bits per heavy atom. The van der Waals surface area contributed by atoms with Crippen LogP contribution in [0, 0.1) is 11.8 Å². The summed E-state index contributed by atoms with van der Waals surface area (Å²) in [5.74, 6) is 0.394. The summed E-state index contributed by atoms with van der Waals surface area (Å²) in [6.07, 6.45) is 6.21. The summed E-state index contributed by atoms with van der Waals surface area (Å²) in [6.45, 7) is 4.18. The molecule has 138 valence electrons. The quantitative estimate of drug-likeness (QED) is 0.879. The molecule has 1 amide bonds. The van der Waals surface area contributed by atoms with Crippen LogP contribution >= 0.6 is 0 Å². The van der Waals surface area contributed by atoms with Crippen LogP contribution in [0.5, 0.6) is 0 Å². The summed E-state index contributed by atoms with van der Waals surface area (Å²) in [5.41, 5.74) is 0.720. The van der Waals surface area contributed by atoms with Crippen molar-refractivity contribution in [3.8, 4) is 0 Å². The molecule has 2 saturated heterocycles. The van der Waals surface area contributed by atoms with Gasteiger partial charge in [0.25, 0.3) is 10.2 Å². The molecule has 3 rings (SSSR count). The van der Waals surface area contributed by atoms with E-state index in [1.165, 1.54) is 0 Å². The summed E-state index contributed by atoms with van der Waals surface area (Å²) in [4.78, 5) is 16.3. The van der Waals surface area contributed by atoms with Gasteiger partial charge >= 0.3 is 0 Å². The molecule has 0 unspecified atom stereocenters. The van der Waals surface area contributed by atoms with Crippen molar-refractivity contribution >= 4 is 21.8 Å². The van der Waals surface area contributed by atoms with Gasteiger partial charge in [-0.2, -0.15) is 17.0 Å². The number of nitrogens with one attached hydrogen (secondary N) is 1. The molecule has 0 aromatic carbocycles. The topological polar surface area (TPSA) is 82.6 Å². The molecule has 8 heteroatoms. The molecule has 3 heterocycles. The minimum atomic E-state index is -3.39. The van der Waals surface area contributed by atoms with Gasteiger partial charge in [-0.05, 0) is 43.7 Å². The third kappa shape index (κ3) is 4.37. The van der Waals surface area contributed by atoms with Crippen molar-refractivity contribution in [3.05, 3.63) is 24.5 Å². The summed E-state index contributed by atoms with van der Waals surface area (Å²) < 4.78 is 28.7. The van der Waals surface area contributed by atoms with E-state index in [1.807, 2.05) is 0 Å². The van der Waals surface area contributed by atoms with E-state index in [-0.39, 0.29) is 11.8 Å². The highest BCUT2D eigenvalue weighted by molar-refractivity contribution is 7.86. The molecule has 0 saturated carbocycles. The average Bonchev–Trinajstić information content (AvgIpc) is 2.63. The zero-order chi connectivity index (χ0) is 17.9. The lowest BCUT2D eigenvalue weighted by atomic mass is 9.97. The molecule has 0 spiro atoms. The number of nitrogens with zero attached hydrogens (tertiary/aromatic N) is 3. The Kier molecular flexibility index (Phi) is 5.71. The minimum absolute atomic E-state index is 0.0463. The van der Waals surface area contributed by atoms with Gasteiger partial charge in [0, 0.05) is 50.2 Å². The molecule has 7 nitrogen and oxygen atoms in total. The monoisotopic (exact) mass is 366 g/mol.